The number of esters is 1. The van der Waals surface area contributed by atoms with Crippen molar-refractivity contribution in [3.05, 3.63) is 100 Å². The van der Waals surface area contributed by atoms with Crippen LogP contribution in [0.15, 0.2) is 83.5 Å². The average Bonchev–Trinajstić information content (AvgIpc) is 3.07. The van der Waals surface area contributed by atoms with E-state index in [0.29, 0.717) is 16.9 Å². The van der Waals surface area contributed by atoms with Gasteiger partial charge in [-0.3, -0.25) is 14.4 Å². The number of nitrogens with one attached hydrogen (secondary N) is 2. The Balaban J connectivity index is 1.52. The van der Waals surface area contributed by atoms with Crippen molar-refractivity contribution in [1.29, 1.82) is 0 Å². The van der Waals surface area contributed by atoms with Crippen LogP contribution >= 0.6 is 11.6 Å². The summed E-state index contributed by atoms with van der Waals surface area (Å²) in [4.78, 5) is 51.0. The summed E-state index contributed by atoms with van der Waals surface area (Å²) < 4.78 is 4.65. The number of hydrogen-bond acceptors (Lipinski definition) is 6. The van der Waals surface area contributed by atoms with Crippen LogP contribution < -0.4 is 15.5 Å². The molecule has 0 atom stereocenters. The Hall–Kier alpha value is -4.43. The standard InChI is InChI=1S/C26H20ClN3O5/c1-15-5-3-7-18(13-15)29-23(31)17-6-4-8-19(14-17)28-22-21(27)24(32)30(25(22)33)20-11-9-16(10-12-20)26(34)35-2/h3-14,28H,1-2H3,(H,29,31). The van der Waals surface area contributed by atoms with Crippen molar-refractivity contribution in [2.24, 2.45) is 0 Å². The molecule has 0 fully saturated rings. The molecule has 0 radical (unpaired) electrons. The van der Waals surface area contributed by atoms with Gasteiger partial charge in [-0.2, -0.15) is 0 Å². The molecule has 3 amide bonds. The number of anilines is 3. The van der Waals surface area contributed by atoms with E-state index in [1.807, 2.05) is 25.1 Å². The van der Waals surface area contributed by atoms with Crippen molar-refractivity contribution in [3.63, 3.8) is 0 Å². The van der Waals surface area contributed by atoms with Gasteiger partial charge >= 0.3 is 5.97 Å². The van der Waals surface area contributed by atoms with E-state index in [4.69, 9.17) is 11.6 Å². The lowest BCUT2D eigenvalue weighted by atomic mass is 10.1. The summed E-state index contributed by atoms with van der Waals surface area (Å²) in [6.07, 6.45) is 0. The van der Waals surface area contributed by atoms with Gasteiger partial charge in [0.25, 0.3) is 17.7 Å². The summed E-state index contributed by atoms with van der Waals surface area (Å²) in [5, 5.41) is 5.39. The van der Waals surface area contributed by atoms with Crippen molar-refractivity contribution in [2.75, 3.05) is 22.6 Å². The zero-order valence-electron chi connectivity index (χ0n) is 18.8. The third kappa shape index (κ3) is 4.92. The van der Waals surface area contributed by atoms with E-state index >= 15 is 0 Å². The minimum absolute atomic E-state index is 0.120. The highest BCUT2D eigenvalue weighted by molar-refractivity contribution is 6.53. The Bertz CT molecular complexity index is 1380. The van der Waals surface area contributed by atoms with E-state index in [9.17, 15) is 19.2 Å². The average molecular weight is 490 g/mol. The van der Waals surface area contributed by atoms with E-state index in [2.05, 4.69) is 15.4 Å². The fourth-order valence-corrected chi connectivity index (χ4v) is 3.73. The van der Waals surface area contributed by atoms with Gasteiger partial charge in [-0.05, 0) is 67.1 Å². The van der Waals surface area contributed by atoms with Crippen molar-refractivity contribution < 1.29 is 23.9 Å². The molecule has 176 valence electrons. The number of benzene rings is 3. The van der Waals surface area contributed by atoms with E-state index in [0.717, 1.165) is 10.5 Å². The minimum Gasteiger partial charge on any atom is -0.465 e. The predicted octanol–water partition coefficient (Wildman–Crippen LogP) is 4.47. The van der Waals surface area contributed by atoms with Gasteiger partial charge < -0.3 is 15.4 Å². The minimum atomic E-state index is -0.710. The molecule has 1 aliphatic rings. The number of halogens is 1. The van der Waals surface area contributed by atoms with Gasteiger partial charge in [0.2, 0.25) is 0 Å². The SMILES string of the molecule is COC(=O)c1ccc(N2C(=O)C(Cl)=C(Nc3cccc(C(=O)Nc4cccc(C)c4)c3)C2=O)cc1. The zero-order valence-corrected chi connectivity index (χ0v) is 19.6. The number of carbonyl (C=O) groups excluding carboxylic acids is 4. The molecule has 0 aromatic heterocycles. The number of amides is 3. The van der Waals surface area contributed by atoms with Gasteiger partial charge in [-0.1, -0.05) is 29.8 Å². The van der Waals surface area contributed by atoms with Crippen LogP contribution in [0.1, 0.15) is 26.3 Å². The molecule has 0 aliphatic carbocycles. The molecular weight excluding hydrogens is 470 g/mol. The third-order valence-electron chi connectivity index (χ3n) is 5.24. The van der Waals surface area contributed by atoms with E-state index < -0.39 is 17.8 Å². The van der Waals surface area contributed by atoms with Crippen LogP contribution in [-0.2, 0) is 14.3 Å². The molecule has 35 heavy (non-hydrogen) atoms. The predicted molar refractivity (Wildman–Crippen MR) is 132 cm³/mol. The van der Waals surface area contributed by atoms with Crippen molar-refractivity contribution in [2.45, 2.75) is 6.92 Å². The second kappa shape index (κ2) is 9.82. The normalized spacial score (nSPS) is 13.2. The number of nitrogens with zero attached hydrogens (tertiary/aromatic N) is 1. The van der Waals surface area contributed by atoms with Gasteiger partial charge in [0.15, 0.2) is 0 Å². The van der Waals surface area contributed by atoms with Crippen LogP contribution in [-0.4, -0.2) is 30.8 Å². The topological polar surface area (TPSA) is 105 Å². The Morgan fingerprint density at radius 1 is 0.857 bits per heavy atom. The lowest BCUT2D eigenvalue weighted by Crippen LogP contribution is -2.32. The first-order valence-electron chi connectivity index (χ1n) is 10.5. The number of imide groups is 1. The molecule has 1 heterocycles. The van der Waals surface area contributed by atoms with E-state index in [-0.39, 0.29) is 27.9 Å². The Morgan fingerprint density at radius 3 is 2.23 bits per heavy atom. The number of rotatable bonds is 6. The number of ether oxygens (including phenoxy) is 1. The van der Waals surface area contributed by atoms with Crippen LogP contribution in [0.4, 0.5) is 17.1 Å². The lowest BCUT2D eigenvalue weighted by molar-refractivity contribution is -0.120. The summed E-state index contributed by atoms with van der Waals surface area (Å²) in [6, 6.07) is 19.6. The maximum Gasteiger partial charge on any atom is 0.337 e. The van der Waals surface area contributed by atoms with Crippen molar-refractivity contribution >= 4 is 52.4 Å². The molecule has 3 aromatic carbocycles. The zero-order chi connectivity index (χ0) is 25.1. The van der Waals surface area contributed by atoms with Gasteiger partial charge in [0.05, 0.1) is 18.4 Å². The number of hydrogen-bond donors (Lipinski definition) is 2. The quantitative estimate of drug-likeness (QED) is 0.391. The van der Waals surface area contributed by atoms with Crippen LogP contribution in [0.5, 0.6) is 0 Å². The molecule has 0 unspecified atom stereocenters. The van der Waals surface area contributed by atoms with Crippen molar-refractivity contribution in [1.82, 2.24) is 0 Å². The van der Waals surface area contributed by atoms with E-state index in [1.165, 1.54) is 31.4 Å². The Morgan fingerprint density at radius 2 is 1.54 bits per heavy atom. The highest BCUT2D eigenvalue weighted by Gasteiger charge is 2.39. The molecule has 0 bridgehead atoms. The fraction of sp³-hybridized carbons (Fsp3) is 0.0769. The monoisotopic (exact) mass is 489 g/mol. The Kier molecular flexibility index (Phi) is 6.66. The van der Waals surface area contributed by atoms with Gasteiger partial charge in [0, 0.05) is 16.9 Å². The second-order valence-electron chi connectivity index (χ2n) is 7.70. The third-order valence-corrected chi connectivity index (χ3v) is 5.59. The first-order valence-corrected chi connectivity index (χ1v) is 10.9. The number of methoxy groups -OCH3 is 1. The number of aryl methyl sites for hydroxylation is 1. The summed E-state index contributed by atoms with van der Waals surface area (Å²) >= 11 is 6.20. The van der Waals surface area contributed by atoms with Gasteiger partial charge in [0.1, 0.15) is 10.7 Å². The molecule has 0 saturated heterocycles. The van der Waals surface area contributed by atoms with E-state index in [1.54, 1.807) is 30.3 Å². The highest BCUT2D eigenvalue weighted by atomic mass is 35.5. The van der Waals surface area contributed by atoms with Crippen LogP contribution in [0.3, 0.4) is 0 Å². The first-order chi connectivity index (χ1) is 16.8. The Labute approximate surface area is 206 Å². The summed E-state index contributed by atoms with van der Waals surface area (Å²) in [7, 11) is 1.26. The smallest absolute Gasteiger partial charge is 0.337 e. The molecule has 9 heteroatoms. The van der Waals surface area contributed by atoms with Crippen molar-refractivity contribution in [3.8, 4) is 0 Å². The summed E-state index contributed by atoms with van der Waals surface area (Å²) in [5.41, 5.74) is 2.81. The molecule has 3 aromatic rings. The maximum absolute atomic E-state index is 13.0. The molecule has 1 aliphatic heterocycles. The lowest BCUT2D eigenvalue weighted by Gasteiger charge is -2.15. The maximum atomic E-state index is 13.0. The second-order valence-corrected chi connectivity index (χ2v) is 8.08. The summed E-state index contributed by atoms with van der Waals surface area (Å²) in [5.74, 6) is -2.25. The number of carbonyl (C=O) groups is 4. The molecule has 0 spiro atoms. The first kappa shape index (κ1) is 23.7. The fourth-order valence-electron chi connectivity index (χ4n) is 3.52. The molecular formula is C26H20ClN3O5. The van der Waals surface area contributed by atoms with Gasteiger partial charge in [-0.15, -0.1) is 0 Å². The van der Waals surface area contributed by atoms with Crippen LogP contribution in [0, 0.1) is 6.92 Å². The largest absolute Gasteiger partial charge is 0.465 e. The van der Waals surface area contributed by atoms with Crippen LogP contribution in [0.25, 0.3) is 0 Å². The molecule has 8 nitrogen and oxygen atoms in total. The summed E-state index contributed by atoms with van der Waals surface area (Å²) in [6.45, 7) is 1.92. The molecule has 2 N–H and O–H groups in total. The molecule has 0 saturated carbocycles. The van der Waals surface area contributed by atoms with Gasteiger partial charge in [-0.25, -0.2) is 9.69 Å². The molecule has 4 rings (SSSR count). The highest BCUT2D eigenvalue weighted by Crippen LogP contribution is 2.30. The van der Waals surface area contributed by atoms with Crippen LogP contribution in [0.2, 0.25) is 0 Å².